The topological polar surface area (TPSA) is 63.4 Å². The van der Waals surface area contributed by atoms with E-state index in [9.17, 15) is 8.42 Å². The van der Waals surface area contributed by atoms with Crippen LogP contribution in [0.3, 0.4) is 0 Å². The number of rotatable bonds is 4. The predicted octanol–water partition coefficient (Wildman–Crippen LogP) is 3.55. The van der Waals surface area contributed by atoms with Crippen LogP contribution in [0.1, 0.15) is 12.5 Å². The lowest BCUT2D eigenvalue weighted by Gasteiger charge is -2.25. The highest BCUT2D eigenvalue weighted by molar-refractivity contribution is 9.10. The van der Waals surface area contributed by atoms with Gasteiger partial charge in [0, 0.05) is 16.7 Å². The van der Waals surface area contributed by atoms with E-state index in [2.05, 4.69) is 15.9 Å². The van der Waals surface area contributed by atoms with Crippen molar-refractivity contribution in [1.82, 2.24) is 0 Å². The number of benzene rings is 2. The highest BCUT2D eigenvalue weighted by atomic mass is 79.9. The number of aryl methyl sites for hydroxylation is 1. The lowest BCUT2D eigenvalue weighted by atomic mass is 10.2. The lowest BCUT2D eigenvalue weighted by molar-refractivity contribution is 0.591. The van der Waals surface area contributed by atoms with Crippen molar-refractivity contribution in [2.24, 2.45) is 0 Å². The molecule has 0 fully saturated rings. The van der Waals surface area contributed by atoms with Gasteiger partial charge < -0.3 is 5.73 Å². The number of sulfonamides is 1. The molecule has 0 aromatic heterocycles. The Morgan fingerprint density at radius 1 is 1.19 bits per heavy atom. The van der Waals surface area contributed by atoms with E-state index < -0.39 is 10.0 Å². The number of hydrogen-bond donors (Lipinski definition) is 1. The summed E-state index contributed by atoms with van der Waals surface area (Å²) in [7, 11) is -3.67. The van der Waals surface area contributed by atoms with Gasteiger partial charge in [0.25, 0.3) is 10.0 Å². The average molecular weight is 369 g/mol. The third-order valence-corrected chi connectivity index (χ3v) is 6.08. The largest absolute Gasteiger partial charge is 0.399 e. The van der Waals surface area contributed by atoms with Crippen molar-refractivity contribution in [3.8, 4) is 0 Å². The number of para-hydroxylation sites is 1. The van der Waals surface area contributed by atoms with Crippen LogP contribution >= 0.6 is 15.9 Å². The zero-order valence-corrected chi connectivity index (χ0v) is 14.3. The molecular weight excluding hydrogens is 352 g/mol. The van der Waals surface area contributed by atoms with Crippen molar-refractivity contribution < 1.29 is 8.42 Å². The molecule has 2 N–H and O–H groups in total. The molecule has 2 aromatic rings. The van der Waals surface area contributed by atoms with Crippen LogP contribution in [-0.4, -0.2) is 15.0 Å². The molecule has 0 aliphatic rings. The Labute approximate surface area is 133 Å². The van der Waals surface area contributed by atoms with Crippen LogP contribution in [-0.2, 0) is 10.0 Å². The van der Waals surface area contributed by atoms with Crippen LogP contribution in [0.2, 0.25) is 0 Å². The number of nitrogens with two attached hydrogens (primary N) is 1. The Bertz CT molecular complexity index is 760. The number of hydrogen-bond acceptors (Lipinski definition) is 3. The summed E-state index contributed by atoms with van der Waals surface area (Å²) in [5.41, 5.74) is 7.73. The molecule has 0 saturated heterocycles. The average Bonchev–Trinajstić information content (AvgIpc) is 2.44. The number of anilines is 2. The van der Waals surface area contributed by atoms with Gasteiger partial charge >= 0.3 is 0 Å². The molecule has 2 rings (SSSR count). The lowest BCUT2D eigenvalue weighted by Crippen LogP contribution is -2.31. The molecule has 4 nitrogen and oxygen atoms in total. The Morgan fingerprint density at radius 2 is 1.86 bits per heavy atom. The van der Waals surface area contributed by atoms with Gasteiger partial charge in [0.15, 0.2) is 0 Å². The van der Waals surface area contributed by atoms with Crippen LogP contribution in [0, 0.1) is 6.92 Å². The van der Waals surface area contributed by atoms with Crippen LogP contribution < -0.4 is 10.0 Å². The molecule has 0 bridgehead atoms. The molecule has 0 saturated carbocycles. The van der Waals surface area contributed by atoms with E-state index in [0.717, 1.165) is 5.56 Å². The molecule has 0 spiro atoms. The third kappa shape index (κ3) is 3.06. The van der Waals surface area contributed by atoms with Crippen LogP contribution in [0.25, 0.3) is 0 Å². The molecule has 0 heterocycles. The van der Waals surface area contributed by atoms with Gasteiger partial charge in [-0.2, -0.15) is 0 Å². The molecule has 21 heavy (non-hydrogen) atoms. The first-order chi connectivity index (χ1) is 9.87. The summed E-state index contributed by atoms with van der Waals surface area (Å²) < 4.78 is 27.8. The van der Waals surface area contributed by atoms with Crippen molar-refractivity contribution in [3.05, 3.63) is 52.5 Å². The first kappa shape index (κ1) is 15.9. The van der Waals surface area contributed by atoms with Gasteiger partial charge in [-0.3, -0.25) is 4.31 Å². The summed E-state index contributed by atoms with van der Waals surface area (Å²) in [4.78, 5) is 0.174. The number of halogens is 1. The monoisotopic (exact) mass is 368 g/mol. The minimum absolute atomic E-state index is 0.174. The normalized spacial score (nSPS) is 11.4. The summed E-state index contributed by atoms with van der Waals surface area (Å²) in [5, 5.41) is 0. The van der Waals surface area contributed by atoms with E-state index in [1.165, 1.54) is 10.4 Å². The highest BCUT2D eigenvalue weighted by Crippen LogP contribution is 2.31. The summed E-state index contributed by atoms with van der Waals surface area (Å²) in [5.74, 6) is 0. The van der Waals surface area contributed by atoms with E-state index in [1.54, 1.807) is 18.2 Å². The maximum absolute atomic E-state index is 12.9. The molecule has 0 unspecified atom stereocenters. The van der Waals surface area contributed by atoms with Gasteiger partial charge in [-0.1, -0.05) is 18.2 Å². The van der Waals surface area contributed by atoms with Crippen molar-refractivity contribution in [1.29, 1.82) is 0 Å². The van der Waals surface area contributed by atoms with Crippen molar-refractivity contribution >= 4 is 37.3 Å². The molecule has 2 aromatic carbocycles. The van der Waals surface area contributed by atoms with E-state index in [-0.39, 0.29) is 4.90 Å². The molecule has 0 atom stereocenters. The maximum Gasteiger partial charge on any atom is 0.265 e. The fourth-order valence-electron chi connectivity index (χ4n) is 2.15. The Morgan fingerprint density at radius 3 is 2.48 bits per heavy atom. The summed E-state index contributed by atoms with van der Waals surface area (Å²) >= 11 is 3.29. The zero-order valence-electron chi connectivity index (χ0n) is 11.9. The van der Waals surface area contributed by atoms with E-state index in [4.69, 9.17) is 5.73 Å². The van der Waals surface area contributed by atoms with Crippen molar-refractivity contribution in [2.45, 2.75) is 18.7 Å². The predicted molar refractivity (Wildman–Crippen MR) is 89.9 cm³/mol. The smallest absolute Gasteiger partial charge is 0.265 e. The quantitative estimate of drug-likeness (QED) is 0.839. The Hall–Kier alpha value is -1.53. The fraction of sp³-hybridized carbons (Fsp3) is 0.200. The zero-order chi connectivity index (χ0) is 15.6. The summed E-state index contributed by atoms with van der Waals surface area (Å²) in [6, 6.07) is 12.2. The summed E-state index contributed by atoms with van der Waals surface area (Å²) in [6.45, 7) is 4.04. The highest BCUT2D eigenvalue weighted by Gasteiger charge is 2.26. The van der Waals surface area contributed by atoms with Crippen molar-refractivity contribution in [2.75, 3.05) is 16.6 Å². The first-order valence-electron chi connectivity index (χ1n) is 6.51. The first-order valence-corrected chi connectivity index (χ1v) is 8.74. The minimum atomic E-state index is -3.67. The van der Waals surface area contributed by atoms with Gasteiger partial charge in [-0.15, -0.1) is 0 Å². The number of nitrogens with zero attached hydrogens (tertiary/aromatic N) is 1. The molecule has 0 amide bonds. The number of nitrogen functional groups attached to an aromatic ring is 1. The van der Waals surface area contributed by atoms with Gasteiger partial charge in [-0.25, -0.2) is 8.42 Å². The van der Waals surface area contributed by atoms with Crippen molar-refractivity contribution in [3.63, 3.8) is 0 Å². The molecule has 0 aliphatic carbocycles. The third-order valence-electron chi connectivity index (χ3n) is 3.19. The molecule has 6 heteroatoms. The van der Waals surface area contributed by atoms with E-state index in [0.29, 0.717) is 22.4 Å². The van der Waals surface area contributed by atoms with E-state index in [1.807, 2.05) is 32.0 Å². The van der Waals surface area contributed by atoms with Crippen LogP contribution in [0.5, 0.6) is 0 Å². The van der Waals surface area contributed by atoms with Gasteiger partial charge in [0.2, 0.25) is 0 Å². The van der Waals surface area contributed by atoms with Crippen LogP contribution in [0.15, 0.2) is 51.8 Å². The van der Waals surface area contributed by atoms with Gasteiger partial charge in [-0.05, 0) is 59.6 Å². The fourth-order valence-corrected chi connectivity index (χ4v) is 4.65. The molecule has 0 radical (unpaired) electrons. The molecular formula is C15H17BrN2O2S. The standard InChI is InChI=1S/C15H17BrN2O2S/c1-3-18(14-7-5-4-6-11(14)2)21(19,20)15-10-12(17)8-9-13(15)16/h4-10H,3,17H2,1-2H3. The second-order valence-electron chi connectivity index (χ2n) is 4.65. The van der Waals surface area contributed by atoms with Crippen LogP contribution in [0.4, 0.5) is 11.4 Å². The molecule has 112 valence electrons. The Kier molecular flexibility index (Phi) is 4.58. The minimum Gasteiger partial charge on any atom is -0.399 e. The SMILES string of the molecule is CCN(c1ccccc1C)S(=O)(=O)c1cc(N)ccc1Br. The maximum atomic E-state index is 12.9. The van der Waals surface area contributed by atoms with Gasteiger partial charge in [0.1, 0.15) is 4.90 Å². The van der Waals surface area contributed by atoms with E-state index >= 15 is 0 Å². The second kappa shape index (κ2) is 6.07. The Balaban J connectivity index is 2.61. The second-order valence-corrected chi connectivity index (χ2v) is 7.33. The molecule has 0 aliphatic heterocycles. The van der Waals surface area contributed by atoms with Gasteiger partial charge in [0.05, 0.1) is 5.69 Å². The summed E-state index contributed by atoms with van der Waals surface area (Å²) in [6.07, 6.45) is 0.